The van der Waals surface area contributed by atoms with Gasteiger partial charge in [0.05, 0.1) is 40.6 Å². The van der Waals surface area contributed by atoms with Crippen LogP contribution in [0.3, 0.4) is 0 Å². The van der Waals surface area contributed by atoms with Crippen LogP contribution in [0, 0.1) is 0 Å². The molecule has 2 aromatic carbocycles. The molecule has 0 radical (unpaired) electrons. The van der Waals surface area contributed by atoms with Crippen molar-refractivity contribution in [2.24, 2.45) is 7.05 Å². The van der Waals surface area contributed by atoms with Crippen molar-refractivity contribution in [3.8, 4) is 39.4 Å². The van der Waals surface area contributed by atoms with Gasteiger partial charge in [-0.15, -0.1) is 0 Å². The maximum absolute atomic E-state index is 13.4. The smallest absolute Gasteiger partial charge is 0.407 e. The van der Waals surface area contributed by atoms with Crippen LogP contribution < -0.4 is 26.2 Å². The van der Waals surface area contributed by atoms with Crippen LogP contribution in [0.2, 0.25) is 10.0 Å². The Morgan fingerprint density at radius 1 is 1.06 bits per heavy atom. The summed E-state index contributed by atoms with van der Waals surface area (Å²) in [6, 6.07) is 16.6. The lowest BCUT2D eigenvalue weighted by Gasteiger charge is -2.41. The van der Waals surface area contributed by atoms with Gasteiger partial charge in [0, 0.05) is 66.1 Å². The number of ether oxygens (including phenoxy) is 2. The fraction of sp³-hybridized carbons (Fsp3) is 0.342. The summed E-state index contributed by atoms with van der Waals surface area (Å²) >= 11 is 14.2. The number of rotatable bonds is 11. The van der Waals surface area contributed by atoms with Crippen molar-refractivity contribution in [2.75, 3.05) is 13.7 Å². The fourth-order valence-corrected chi connectivity index (χ4v) is 7.56. The zero-order valence-corrected chi connectivity index (χ0v) is 30.9. The minimum absolute atomic E-state index is 0.0265. The second kappa shape index (κ2) is 14.8. The van der Waals surface area contributed by atoms with E-state index in [1.54, 1.807) is 36.0 Å². The molecule has 1 saturated carbocycles. The van der Waals surface area contributed by atoms with E-state index in [1.807, 2.05) is 43.3 Å². The van der Waals surface area contributed by atoms with Gasteiger partial charge in [0.25, 0.3) is 5.56 Å². The second-order valence-electron chi connectivity index (χ2n) is 13.8. The molecule has 1 atom stereocenters. The van der Waals surface area contributed by atoms with E-state index >= 15 is 0 Å². The van der Waals surface area contributed by atoms with Crippen LogP contribution in [0.4, 0.5) is 4.79 Å². The van der Waals surface area contributed by atoms with E-state index in [2.05, 4.69) is 20.9 Å². The number of halogens is 2. The number of methoxy groups -OCH3 is 1. The highest BCUT2D eigenvalue weighted by Gasteiger charge is 2.38. The number of pyridine rings is 1. The number of alkyl carbamates (subject to hydrolysis) is 1. The van der Waals surface area contributed by atoms with Gasteiger partial charge >= 0.3 is 6.09 Å². The Morgan fingerprint density at radius 2 is 1.75 bits per heavy atom. The Balaban J connectivity index is 1.10. The molecule has 2 amide bonds. The monoisotopic (exact) mass is 759 g/mol. The molecule has 15 heteroatoms. The molecule has 13 nitrogen and oxygen atoms in total. The predicted molar refractivity (Wildman–Crippen MR) is 201 cm³/mol. The Bertz CT molecular complexity index is 2280. The van der Waals surface area contributed by atoms with E-state index in [0.29, 0.717) is 87.1 Å². The van der Waals surface area contributed by atoms with Crippen molar-refractivity contribution < 1.29 is 24.2 Å². The Kier molecular flexibility index (Phi) is 10.2. The van der Waals surface area contributed by atoms with Crippen molar-refractivity contribution in [1.29, 1.82) is 0 Å². The van der Waals surface area contributed by atoms with Gasteiger partial charge in [-0.25, -0.2) is 14.3 Å². The zero-order valence-electron chi connectivity index (χ0n) is 29.4. The van der Waals surface area contributed by atoms with Crippen molar-refractivity contribution in [1.82, 2.24) is 35.1 Å². The van der Waals surface area contributed by atoms with Gasteiger partial charge in [-0.3, -0.25) is 14.2 Å². The van der Waals surface area contributed by atoms with Gasteiger partial charge in [-0.1, -0.05) is 59.6 Å². The van der Waals surface area contributed by atoms with E-state index in [9.17, 15) is 19.5 Å². The summed E-state index contributed by atoms with van der Waals surface area (Å²) in [7, 11) is 3.18. The van der Waals surface area contributed by atoms with Gasteiger partial charge in [0.15, 0.2) is 0 Å². The van der Waals surface area contributed by atoms with E-state index in [4.69, 9.17) is 37.8 Å². The topological polar surface area (TPSA) is 161 Å². The molecule has 5 aromatic rings. The SMILES string of the molecule is COc1nc(-c2cccc(-c3cccc(-c4cc5c(=O)n(C)c(CNC6CC(C)(O)C6)nn5c4)c3Cl)c2Cl)ccc1COC(=O)NCC1CCC(=O)N1. The lowest BCUT2D eigenvalue weighted by Crippen LogP contribution is -2.51. The summed E-state index contributed by atoms with van der Waals surface area (Å²) in [5, 5.41) is 24.5. The second-order valence-corrected chi connectivity index (χ2v) is 14.5. The fourth-order valence-electron chi connectivity index (χ4n) is 6.90. The van der Waals surface area contributed by atoms with Crippen LogP contribution in [0.1, 0.15) is 44.0 Å². The lowest BCUT2D eigenvalue weighted by atomic mass is 9.77. The Labute approximate surface area is 315 Å². The number of aliphatic hydroxyl groups is 1. The number of fused-ring (bicyclic) bond motifs is 1. The maximum atomic E-state index is 13.4. The van der Waals surface area contributed by atoms with Crippen LogP contribution in [0.25, 0.3) is 39.0 Å². The number of amides is 2. The summed E-state index contributed by atoms with van der Waals surface area (Å²) in [6.07, 6.45) is 3.59. The molecule has 276 valence electrons. The van der Waals surface area contributed by atoms with E-state index < -0.39 is 11.7 Å². The molecular weight excluding hydrogens is 721 g/mol. The summed E-state index contributed by atoms with van der Waals surface area (Å²) in [4.78, 5) is 41.7. The van der Waals surface area contributed by atoms with Gasteiger partial charge < -0.3 is 30.5 Å². The first-order valence-electron chi connectivity index (χ1n) is 17.3. The third-order valence-electron chi connectivity index (χ3n) is 9.80. The first-order chi connectivity index (χ1) is 25.4. The normalized spacial score (nSPS) is 19.5. The Hall–Kier alpha value is -4.95. The van der Waals surface area contributed by atoms with Crippen molar-refractivity contribution in [2.45, 2.75) is 63.4 Å². The molecular formula is C38H39Cl2N7O6. The van der Waals surface area contributed by atoms with Crippen LogP contribution in [-0.4, -0.2) is 67.6 Å². The van der Waals surface area contributed by atoms with Crippen LogP contribution in [0.15, 0.2) is 65.6 Å². The number of nitrogens with zero attached hydrogens (tertiary/aromatic N) is 4. The largest absolute Gasteiger partial charge is 0.481 e. The number of aromatic nitrogens is 4. The molecule has 4 N–H and O–H groups in total. The van der Waals surface area contributed by atoms with Crippen LogP contribution >= 0.6 is 23.2 Å². The molecule has 1 saturated heterocycles. The standard InChI is InChI=1S/C38H39Cl2N7O6/c1-38(51)15-24(16-38)41-18-31-45-47-19-22(14-30(47)36(49)46(31)2)25-6-4-7-26(33(25)39)27-8-5-9-28(34(27)40)29-12-10-21(35(44-29)52-3)20-53-37(50)42-17-23-11-13-32(48)43-23/h4-10,12,14,19,23-24,41,51H,11,13,15-18,20H2,1-3H3,(H,42,50)(H,43,48). The average Bonchev–Trinajstić information content (AvgIpc) is 3.76. The van der Waals surface area contributed by atoms with Crippen LogP contribution in [-0.2, 0) is 29.7 Å². The Morgan fingerprint density at radius 3 is 2.43 bits per heavy atom. The summed E-state index contributed by atoms with van der Waals surface area (Å²) < 4.78 is 14.0. The van der Waals surface area contributed by atoms with Gasteiger partial charge in [0.1, 0.15) is 17.9 Å². The van der Waals surface area contributed by atoms with Gasteiger partial charge in [0.2, 0.25) is 11.8 Å². The average molecular weight is 761 g/mol. The van der Waals surface area contributed by atoms with E-state index in [0.717, 1.165) is 5.56 Å². The molecule has 0 spiro atoms. The molecule has 7 rings (SSSR count). The lowest BCUT2D eigenvalue weighted by molar-refractivity contribution is -0.119. The number of carbonyl (C=O) groups is 2. The van der Waals surface area contributed by atoms with E-state index in [-0.39, 0.29) is 42.6 Å². The number of nitrogens with one attached hydrogen (secondary N) is 3. The first-order valence-corrected chi connectivity index (χ1v) is 18.0. The summed E-state index contributed by atoms with van der Waals surface area (Å²) in [5.74, 6) is 0.819. The third kappa shape index (κ3) is 7.61. The van der Waals surface area contributed by atoms with Crippen molar-refractivity contribution in [3.05, 3.63) is 92.6 Å². The van der Waals surface area contributed by atoms with Crippen molar-refractivity contribution >= 4 is 40.7 Å². The minimum Gasteiger partial charge on any atom is -0.481 e. The molecule has 3 aromatic heterocycles. The molecule has 0 bridgehead atoms. The number of benzene rings is 2. The zero-order chi connectivity index (χ0) is 37.4. The number of hydrogen-bond donors (Lipinski definition) is 4. The molecule has 2 fully saturated rings. The first kappa shape index (κ1) is 36.4. The van der Waals surface area contributed by atoms with Crippen LogP contribution in [0.5, 0.6) is 5.88 Å². The number of hydrogen-bond acceptors (Lipinski definition) is 9. The highest BCUT2D eigenvalue weighted by molar-refractivity contribution is 6.39. The predicted octanol–water partition coefficient (Wildman–Crippen LogP) is 5.25. The highest BCUT2D eigenvalue weighted by Crippen LogP contribution is 2.42. The molecule has 4 heterocycles. The highest BCUT2D eigenvalue weighted by atomic mass is 35.5. The third-order valence-corrected chi connectivity index (χ3v) is 10.6. The molecule has 53 heavy (non-hydrogen) atoms. The maximum Gasteiger partial charge on any atom is 0.407 e. The molecule has 2 aliphatic rings. The molecule has 1 unspecified atom stereocenters. The quantitative estimate of drug-likeness (QED) is 0.141. The van der Waals surface area contributed by atoms with E-state index in [1.165, 1.54) is 11.7 Å². The molecule has 1 aliphatic heterocycles. The number of carbonyl (C=O) groups excluding carboxylic acids is 2. The van der Waals surface area contributed by atoms with Crippen molar-refractivity contribution in [3.63, 3.8) is 0 Å². The molecule has 1 aliphatic carbocycles. The summed E-state index contributed by atoms with van der Waals surface area (Å²) in [6.45, 7) is 2.41. The minimum atomic E-state index is -0.651. The van der Waals surface area contributed by atoms with Gasteiger partial charge in [-0.05, 0) is 44.4 Å². The summed E-state index contributed by atoms with van der Waals surface area (Å²) in [5.41, 5.74) is 4.10. The van der Waals surface area contributed by atoms with Gasteiger partial charge in [-0.2, -0.15) is 5.10 Å².